The molecule has 0 fully saturated rings. The van der Waals surface area contributed by atoms with Crippen LogP contribution in [0.4, 0.5) is 10.1 Å². The Kier molecular flexibility index (Phi) is 7.95. The molecule has 2 amide bonds. The second-order valence-corrected chi connectivity index (χ2v) is 8.52. The number of hydrogen-bond acceptors (Lipinski definition) is 5. The lowest BCUT2D eigenvalue weighted by Gasteiger charge is -2.30. The SMILES string of the molecule is CN(Cc1ccccc1)C(=O)CCCN1C(=O)COc2ccc(C(=O)COc3ccc(F)cc3)cc21. The first kappa shape index (κ1) is 24.9. The summed E-state index contributed by atoms with van der Waals surface area (Å²) in [5, 5.41) is 0. The number of amides is 2. The fourth-order valence-corrected chi connectivity index (χ4v) is 3.91. The molecule has 0 saturated carbocycles. The quantitative estimate of drug-likeness (QED) is 0.397. The van der Waals surface area contributed by atoms with E-state index in [2.05, 4.69) is 0 Å². The second-order valence-electron chi connectivity index (χ2n) is 8.52. The highest BCUT2D eigenvalue weighted by Gasteiger charge is 2.26. The predicted molar refractivity (Wildman–Crippen MR) is 133 cm³/mol. The van der Waals surface area contributed by atoms with Gasteiger partial charge in [-0.05, 0) is 54.4 Å². The highest BCUT2D eigenvalue weighted by atomic mass is 19.1. The van der Waals surface area contributed by atoms with Crippen LogP contribution in [0.5, 0.6) is 11.5 Å². The van der Waals surface area contributed by atoms with E-state index in [0.717, 1.165) is 5.56 Å². The van der Waals surface area contributed by atoms with Crippen LogP contribution in [-0.4, -0.2) is 49.3 Å². The number of carbonyl (C=O) groups is 3. The molecular weight excluding hydrogens is 463 g/mol. The van der Waals surface area contributed by atoms with Gasteiger partial charge < -0.3 is 19.3 Å². The van der Waals surface area contributed by atoms with Crippen molar-refractivity contribution in [3.05, 3.63) is 89.7 Å². The van der Waals surface area contributed by atoms with E-state index in [1.807, 2.05) is 30.3 Å². The van der Waals surface area contributed by atoms with Gasteiger partial charge in [0.05, 0.1) is 5.69 Å². The fraction of sp³-hybridized carbons (Fsp3) is 0.250. The normalized spacial score (nSPS) is 12.5. The molecule has 0 bridgehead atoms. The summed E-state index contributed by atoms with van der Waals surface area (Å²) in [5.74, 6) is -0.0558. The molecule has 3 aromatic carbocycles. The zero-order valence-electron chi connectivity index (χ0n) is 20.0. The van der Waals surface area contributed by atoms with Gasteiger partial charge in [0.25, 0.3) is 5.91 Å². The fourth-order valence-electron chi connectivity index (χ4n) is 3.91. The van der Waals surface area contributed by atoms with Crippen molar-refractivity contribution >= 4 is 23.3 Å². The monoisotopic (exact) mass is 490 g/mol. The summed E-state index contributed by atoms with van der Waals surface area (Å²) in [6.07, 6.45) is 0.752. The topological polar surface area (TPSA) is 76.2 Å². The minimum Gasteiger partial charge on any atom is -0.485 e. The summed E-state index contributed by atoms with van der Waals surface area (Å²) >= 11 is 0. The molecule has 0 radical (unpaired) electrons. The molecule has 7 nitrogen and oxygen atoms in total. The van der Waals surface area contributed by atoms with Crippen LogP contribution in [0.3, 0.4) is 0 Å². The zero-order chi connectivity index (χ0) is 25.5. The molecule has 186 valence electrons. The summed E-state index contributed by atoms with van der Waals surface area (Å²) < 4.78 is 24.0. The Balaban J connectivity index is 1.36. The predicted octanol–water partition coefficient (Wildman–Crippen LogP) is 4.25. The number of ketones is 1. The van der Waals surface area contributed by atoms with Gasteiger partial charge in [-0.2, -0.15) is 0 Å². The van der Waals surface area contributed by atoms with Gasteiger partial charge in [-0.25, -0.2) is 4.39 Å². The van der Waals surface area contributed by atoms with Crippen LogP contribution < -0.4 is 14.4 Å². The third-order valence-corrected chi connectivity index (χ3v) is 5.87. The standard InChI is InChI=1S/C28H27FN2O5/c1-30(17-20-6-3-2-4-7-20)27(33)8-5-15-31-24-16-21(9-14-26(24)36-19-28(31)34)25(32)18-35-23-12-10-22(29)11-13-23/h2-4,6-7,9-14,16H,5,8,15,17-19H2,1H3. The molecule has 0 aromatic heterocycles. The Hall–Kier alpha value is -4.20. The van der Waals surface area contributed by atoms with Crippen molar-refractivity contribution in [2.75, 3.05) is 31.7 Å². The number of carbonyl (C=O) groups excluding carboxylic acids is 3. The van der Waals surface area contributed by atoms with Gasteiger partial charge in [-0.15, -0.1) is 0 Å². The highest BCUT2D eigenvalue weighted by Crippen LogP contribution is 2.33. The minimum absolute atomic E-state index is 0.0124. The summed E-state index contributed by atoms with van der Waals surface area (Å²) in [4.78, 5) is 41.1. The molecule has 4 rings (SSSR count). The van der Waals surface area contributed by atoms with Crippen LogP contribution in [0.2, 0.25) is 0 Å². The number of benzene rings is 3. The van der Waals surface area contributed by atoms with Crippen molar-refractivity contribution in [3.8, 4) is 11.5 Å². The molecule has 1 aliphatic heterocycles. The number of ether oxygens (including phenoxy) is 2. The van der Waals surface area contributed by atoms with E-state index in [4.69, 9.17) is 9.47 Å². The molecule has 0 atom stereocenters. The number of anilines is 1. The average Bonchev–Trinajstić information content (AvgIpc) is 2.89. The van der Waals surface area contributed by atoms with E-state index in [1.54, 1.807) is 35.0 Å². The van der Waals surface area contributed by atoms with Crippen LogP contribution in [-0.2, 0) is 16.1 Å². The van der Waals surface area contributed by atoms with Crippen molar-refractivity contribution in [1.82, 2.24) is 4.90 Å². The molecule has 1 aliphatic rings. The van der Waals surface area contributed by atoms with E-state index in [0.29, 0.717) is 42.3 Å². The Morgan fingerprint density at radius 1 is 1.06 bits per heavy atom. The van der Waals surface area contributed by atoms with Crippen LogP contribution >= 0.6 is 0 Å². The third kappa shape index (κ3) is 6.27. The zero-order valence-corrected chi connectivity index (χ0v) is 20.0. The van der Waals surface area contributed by atoms with E-state index >= 15 is 0 Å². The Bertz CT molecular complexity index is 1230. The number of hydrogen-bond donors (Lipinski definition) is 0. The smallest absolute Gasteiger partial charge is 0.265 e. The van der Waals surface area contributed by atoms with Crippen molar-refractivity contribution < 1.29 is 28.2 Å². The number of rotatable bonds is 10. The first-order chi connectivity index (χ1) is 17.4. The molecule has 0 saturated heterocycles. The van der Waals surface area contributed by atoms with Crippen LogP contribution in [0.15, 0.2) is 72.8 Å². The third-order valence-electron chi connectivity index (χ3n) is 5.87. The molecule has 1 heterocycles. The Morgan fingerprint density at radius 3 is 2.56 bits per heavy atom. The van der Waals surface area contributed by atoms with Gasteiger partial charge in [0.1, 0.15) is 17.3 Å². The van der Waals surface area contributed by atoms with Crippen LogP contribution in [0.1, 0.15) is 28.8 Å². The largest absolute Gasteiger partial charge is 0.485 e. The summed E-state index contributed by atoms with van der Waals surface area (Å²) in [5.41, 5.74) is 1.90. The number of nitrogens with zero attached hydrogens (tertiary/aromatic N) is 2. The maximum atomic E-state index is 13.1. The van der Waals surface area contributed by atoms with Gasteiger partial charge >= 0.3 is 0 Å². The summed E-state index contributed by atoms with van der Waals surface area (Å²) in [6, 6.07) is 20.0. The lowest BCUT2D eigenvalue weighted by molar-refractivity contribution is -0.130. The minimum atomic E-state index is -0.391. The van der Waals surface area contributed by atoms with Crippen molar-refractivity contribution in [2.24, 2.45) is 0 Å². The van der Waals surface area contributed by atoms with Crippen molar-refractivity contribution in [2.45, 2.75) is 19.4 Å². The lowest BCUT2D eigenvalue weighted by Crippen LogP contribution is -2.40. The second kappa shape index (κ2) is 11.5. The Labute approximate surface area is 209 Å². The van der Waals surface area contributed by atoms with Gasteiger partial charge in [-0.3, -0.25) is 14.4 Å². The average molecular weight is 491 g/mol. The molecule has 0 spiro atoms. The summed E-state index contributed by atoms with van der Waals surface area (Å²) in [7, 11) is 1.76. The maximum Gasteiger partial charge on any atom is 0.265 e. The Morgan fingerprint density at radius 2 is 1.81 bits per heavy atom. The first-order valence-electron chi connectivity index (χ1n) is 11.7. The van der Waals surface area contributed by atoms with Gasteiger partial charge in [0, 0.05) is 32.1 Å². The molecule has 0 aliphatic carbocycles. The maximum absolute atomic E-state index is 13.1. The van der Waals surface area contributed by atoms with Gasteiger partial charge in [0.2, 0.25) is 5.91 Å². The number of Topliss-reactive ketones (excluding diaryl/α,β-unsaturated/α-hetero) is 1. The van der Waals surface area contributed by atoms with Gasteiger partial charge in [-0.1, -0.05) is 30.3 Å². The lowest BCUT2D eigenvalue weighted by atomic mass is 10.1. The number of halogens is 1. The molecule has 3 aromatic rings. The van der Waals surface area contributed by atoms with E-state index in [-0.39, 0.29) is 37.2 Å². The van der Waals surface area contributed by atoms with Crippen LogP contribution in [0.25, 0.3) is 0 Å². The molecule has 8 heteroatoms. The molecule has 36 heavy (non-hydrogen) atoms. The van der Waals surface area contributed by atoms with E-state index < -0.39 is 5.82 Å². The molecule has 0 N–H and O–H groups in total. The van der Waals surface area contributed by atoms with Gasteiger partial charge in [0.15, 0.2) is 19.0 Å². The van der Waals surface area contributed by atoms with Crippen molar-refractivity contribution in [3.63, 3.8) is 0 Å². The van der Waals surface area contributed by atoms with Crippen molar-refractivity contribution in [1.29, 1.82) is 0 Å². The van der Waals surface area contributed by atoms with E-state index in [1.165, 1.54) is 24.3 Å². The highest BCUT2D eigenvalue weighted by molar-refractivity contribution is 6.02. The molecule has 0 unspecified atom stereocenters. The molecular formula is C28H27FN2O5. The van der Waals surface area contributed by atoms with Crippen LogP contribution in [0, 0.1) is 5.82 Å². The summed E-state index contributed by atoms with van der Waals surface area (Å²) in [6.45, 7) is 0.506. The number of fused-ring (bicyclic) bond motifs is 1. The first-order valence-corrected chi connectivity index (χ1v) is 11.7. The van der Waals surface area contributed by atoms with E-state index in [9.17, 15) is 18.8 Å².